The molecule has 0 aliphatic heterocycles. The van der Waals surface area contributed by atoms with Crippen LogP contribution in [0.4, 0.5) is 0 Å². The van der Waals surface area contributed by atoms with E-state index in [9.17, 15) is 4.79 Å². The molecule has 0 atom stereocenters. The van der Waals surface area contributed by atoms with E-state index in [2.05, 4.69) is 15.2 Å². The Balaban J connectivity index is 2.27. The van der Waals surface area contributed by atoms with Crippen molar-refractivity contribution < 1.29 is 9.47 Å². The number of aromatic nitrogens is 3. The lowest BCUT2D eigenvalue weighted by Crippen LogP contribution is -2.00. The van der Waals surface area contributed by atoms with Gasteiger partial charge in [-0.3, -0.25) is 4.98 Å². The molecule has 0 aliphatic rings. The van der Waals surface area contributed by atoms with E-state index in [-0.39, 0.29) is 6.01 Å². The summed E-state index contributed by atoms with van der Waals surface area (Å²) >= 11 is 0. The number of hydrogen-bond acceptors (Lipinski definition) is 4. The van der Waals surface area contributed by atoms with E-state index in [4.69, 9.17) is 9.47 Å². The number of nitrogens with one attached hydrogen (secondary N) is 2. The number of benzene rings is 1. The second-order valence-electron chi connectivity index (χ2n) is 2.74. The molecule has 6 nitrogen and oxygen atoms in total. The summed E-state index contributed by atoms with van der Waals surface area (Å²) in [5.74, 6) is 1.06. The highest BCUT2D eigenvalue weighted by atomic mass is 16.5. The van der Waals surface area contributed by atoms with Crippen LogP contribution in [-0.2, 0) is 0 Å². The van der Waals surface area contributed by atoms with Crippen molar-refractivity contribution in [1.82, 2.24) is 15.2 Å². The van der Waals surface area contributed by atoms with Crippen molar-refractivity contribution in [3.05, 3.63) is 34.7 Å². The van der Waals surface area contributed by atoms with Gasteiger partial charge in [0.05, 0.1) is 7.11 Å². The van der Waals surface area contributed by atoms with Crippen LogP contribution in [0.15, 0.2) is 29.1 Å². The first kappa shape index (κ1) is 9.32. The Bertz CT molecular complexity index is 503. The van der Waals surface area contributed by atoms with Crippen molar-refractivity contribution in [1.29, 1.82) is 0 Å². The van der Waals surface area contributed by atoms with Crippen molar-refractivity contribution in [3.63, 3.8) is 0 Å². The van der Waals surface area contributed by atoms with Gasteiger partial charge in [0.25, 0.3) is 0 Å². The van der Waals surface area contributed by atoms with E-state index in [1.807, 2.05) is 6.07 Å². The fourth-order valence-electron chi connectivity index (χ4n) is 1.11. The molecule has 0 bridgehead atoms. The van der Waals surface area contributed by atoms with E-state index in [1.54, 1.807) is 18.2 Å². The SMILES string of the molecule is COc1ccccc1Oc1n[nH]c(=O)[nH]1. The predicted molar refractivity (Wildman–Crippen MR) is 52.3 cm³/mol. The molecule has 0 spiro atoms. The van der Waals surface area contributed by atoms with Gasteiger partial charge in [0, 0.05) is 0 Å². The zero-order valence-corrected chi connectivity index (χ0v) is 7.98. The molecular formula is C9H9N3O3. The maximum Gasteiger partial charge on any atom is 0.343 e. The molecule has 0 fully saturated rings. The number of hydrogen-bond donors (Lipinski definition) is 2. The molecular weight excluding hydrogens is 198 g/mol. The van der Waals surface area contributed by atoms with Crippen molar-refractivity contribution in [2.45, 2.75) is 0 Å². The summed E-state index contributed by atoms with van der Waals surface area (Å²) in [6.45, 7) is 0. The standard InChI is InChI=1S/C9H9N3O3/c1-14-6-4-2-3-5-7(6)15-9-10-8(13)11-12-9/h2-5H,1H3,(H2,10,11,12,13). The van der Waals surface area contributed by atoms with Gasteiger partial charge in [-0.25, -0.2) is 9.89 Å². The number of rotatable bonds is 3. The normalized spacial score (nSPS) is 9.93. The molecule has 2 rings (SSSR count). The molecule has 0 radical (unpaired) electrons. The van der Waals surface area contributed by atoms with Gasteiger partial charge >= 0.3 is 11.7 Å². The molecule has 1 heterocycles. The van der Waals surface area contributed by atoms with Crippen LogP contribution in [0.25, 0.3) is 0 Å². The number of aromatic amines is 2. The summed E-state index contributed by atoms with van der Waals surface area (Å²) in [6, 6.07) is 7.18. The van der Waals surface area contributed by atoms with Crippen molar-refractivity contribution >= 4 is 0 Å². The lowest BCUT2D eigenvalue weighted by atomic mass is 10.3. The van der Waals surface area contributed by atoms with E-state index in [1.165, 1.54) is 7.11 Å². The minimum absolute atomic E-state index is 0.101. The highest BCUT2D eigenvalue weighted by Crippen LogP contribution is 2.28. The van der Waals surface area contributed by atoms with Crippen LogP contribution in [0.3, 0.4) is 0 Å². The van der Waals surface area contributed by atoms with Gasteiger partial charge in [0.2, 0.25) is 0 Å². The number of para-hydroxylation sites is 2. The molecule has 0 saturated heterocycles. The predicted octanol–water partition coefficient (Wildman–Crippen LogP) is 0.899. The monoisotopic (exact) mass is 207 g/mol. The Hall–Kier alpha value is -2.24. The summed E-state index contributed by atoms with van der Waals surface area (Å²) in [4.78, 5) is 13.1. The molecule has 0 unspecified atom stereocenters. The summed E-state index contributed by atoms with van der Waals surface area (Å²) in [5, 5.41) is 5.82. The molecule has 6 heteroatoms. The van der Waals surface area contributed by atoms with Crippen molar-refractivity contribution in [3.8, 4) is 17.5 Å². The Morgan fingerprint density at radius 3 is 2.60 bits per heavy atom. The Kier molecular flexibility index (Phi) is 2.40. The van der Waals surface area contributed by atoms with Gasteiger partial charge in [-0.2, -0.15) is 0 Å². The number of ether oxygens (including phenoxy) is 2. The molecule has 2 aromatic rings. The minimum atomic E-state index is -0.417. The third-order valence-electron chi connectivity index (χ3n) is 1.76. The fraction of sp³-hybridized carbons (Fsp3) is 0.111. The van der Waals surface area contributed by atoms with E-state index >= 15 is 0 Å². The molecule has 2 N–H and O–H groups in total. The minimum Gasteiger partial charge on any atom is -0.493 e. The molecule has 1 aromatic carbocycles. The van der Waals surface area contributed by atoms with Gasteiger partial charge in [-0.1, -0.05) is 12.1 Å². The van der Waals surface area contributed by atoms with Crippen LogP contribution < -0.4 is 15.2 Å². The average Bonchev–Trinajstić information content (AvgIpc) is 2.65. The third-order valence-corrected chi connectivity index (χ3v) is 1.76. The van der Waals surface area contributed by atoms with Crippen LogP contribution in [0.2, 0.25) is 0 Å². The molecule has 1 aromatic heterocycles. The molecule has 0 saturated carbocycles. The lowest BCUT2D eigenvalue weighted by molar-refractivity contribution is 0.368. The van der Waals surface area contributed by atoms with Gasteiger partial charge in [0.15, 0.2) is 11.5 Å². The summed E-state index contributed by atoms with van der Waals surface area (Å²) in [7, 11) is 1.54. The van der Waals surface area contributed by atoms with Crippen LogP contribution in [0.1, 0.15) is 0 Å². The third kappa shape index (κ3) is 1.98. The van der Waals surface area contributed by atoms with Gasteiger partial charge in [-0.05, 0) is 12.1 Å². The first-order valence-corrected chi connectivity index (χ1v) is 4.25. The van der Waals surface area contributed by atoms with Gasteiger partial charge in [0.1, 0.15) is 0 Å². The Morgan fingerprint density at radius 2 is 2.00 bits per heavy atom. The molecule has 0 aliphatic carbocycles. The van der Waals surface area contributed by atoms with Gasteiger partial charge in [-0.15, -0.1) is 5.10 Å². The molecule has 78 valence electrons. The van der Waals surface area contributed by atoms with E-state index in [0.29, 0.717) is 11.5 Å². The van der Waals surface area contributed by atoms with Crippen LogP contribution in [0.5, 0.6) is 17.5 Å². The fourth-order valence-corrected chi connectivity index (χ4v) is 1.11. The van der Waals surface area contributed by atoms with E-state index in [0.717, 1.165) is 0 Å². The lowest BCUT2D eigenvalue weighted by Gasteiger charge is -2.06. The van der Waals surface area contributed by atoms with Crippen LogP contribution >= 0.6 is 0 Å². The average molecular weight is 207 g/mol. The second-order valence-corrected chi connectivity index (χ2v) is 2.74. The Morgan fingerprint density at radius 1 is 1.27 bits per heavy atom. The first-order chi connectivity index (χ1) is 7.29. The zero-order valence-electron chi connectivity index (χ0n) is 7.98. The number of H-pyrrole nitrogens is 2. The van der Waals surface area contributed by atoms with Crippen molar-refractivity contribution in [2.24, 2.45) is 0 Å². The highest BCUT2D eigenvalue weighted by molar-refractivity contribution is 5.40. The zero-order chi connectivity index (χ0) is 10.7. The Labute approximate surface area is 84.9 Å². The van der Waals surface area contributed by atoms with Crippen molar-refractivity contribution in [2.75, 3.05) is 7.11 Å². The molecule has 15 heavy (non-hydrogen) atoms. The number of nitrogens with zero attached hydrogens (tertiary/aromatic N) is 1. The quantitative estimate of drug-likeness (QED) is 0.783. The first-order valence-electron chi connectivity index (χ1n) is 4.25. The number of methoxy groups -OCH3 is 1. The largest absolute Gasteiger partial charge is 0.493 e. The van der Waals surface area contributed by atoms with Crippen LogP contribution in [-0.4, -0.2) is 22.3 Å². The summed E-state index contributed by atoms with van der Waals surface area (Å²) in [5.41, 5.74) is -0.417. The van der Waals surface area contributed by atoms with Crippen LogP contribution in [0, 0.1) is 0 Å². The highest BCUT2D eigenvalue weighted by Gasteiger charge is 2.06. The molecule has 0 amide bonds. The second kappa shape index (κ2) is 3.87. The maximum absolute atomic E-state index is 10.8. The van der Waals surface area contributed by atoms with E-state index < -0.39 is 5.69 Å². The topological polar surface area (TPSA) is 80.0 Å². The summed E-state index contributed by atoms with van der Waals surface area (Å²) < 4.78 is 10.4. The maximum atomic E-state index is 10.8. The summed E-state index contributed by atoms with van der Waals surface area (Å²) in [6.07, 6.45) is 0. The van der Waals surface area contributed by atoms with Gasteiger partial charge < -0.3 is 9.47 Å². The smallest absolute Gasteiger partial charge is 0.343 e.